The van der Waals surface area contributed by atoms with Crippen LogP contribution in [-0.4, -0.2) is 18.4 Å². The molecule has 1 aliphatic heterocycles. The minimum atomic E-state index is -0.532. The first-order valence-electron chi connectivity index (χ1n) is 7.15. The number of halogens is 2. The number of hydrogen-bond acceptors (Lipinski definition) is 2. The van der Waals surface area contributed by atoms with Crippen LogP contribution in [0.25, 0.3) is 0 Å². The first-order chi connectivity index (χ1) is 11.0. The minimum Gasteiger partial charge on any atom is -0.326 e. The molecule has 3 rings (SSSR count). The molecule has 4 nitrogen and oxygen atoms in total. The van der Waals surface area contributed by atoms with E-state index >= 15 is 0 Å². The van der Waals surface area contributed by atoms with E-state index < -0.39 is 11.7 Å². The summed E-state index contributed by atoms with van der Waals surface area (Å²) in [5.74, 6) is -1.90. The number of hydrogen-bond donors (Lipinski definition) is 1. The molecule has 0 aliphatic carbocycles. The van der Waals surface area contributed by atoms with Crippen molar-refractivity contribution in [1.29, 1.82) is 0 Å². The first-order valence-corrected chi connectivity index (χ1v) is 7.15. The lowest BCUT2D eigenvalue weighted by Crippen LogP contribution is -2.28. The Morgan fingerprint density at radius 3 is 2.52 bits per heavy atom. The Morgan fingerprint density at radius 1 is 1.09 bits per heavy atom. The molecule has 0 saturated carbocycles. The van der Waals surface area contributed by atoms with Crippen LogP contribution in [0.1, 0.15) is 6.42 Å². The molecule has 118 valence electrons. The summed E-state index contributed by atoms with van der Waals surface area (Å²) in [4.78, 5) is 25.8. The monoisotopic (exact) mass is 316 g/mol. The van der Waals surface area contributed by atoms with Crippen molar-refractivity contribution in [3.05, 3.63) is 60.2 Å². The lowest BCUT2D eigenvalue weighted by Gasteiger charge is -2.16. The van der Waals surface area contributed by atoms with E-state index in [1.165, 1.54) is 47.4 Å². The highest BCUT2D eigenvalue weighted by atomic mass is 19.1. The normalized spacial score (nSPS) is 17.4. The highest BCUT2D eigenvalue weighted by Crippen LogP contribution is 2.26. The van der Waals surface area contributed by atoms with Crippen molar-refractivity contribution < 1.29 is 18.4 Å². The van der Waals surface area contributed by atoms with Gasteiger partial charge >= 0.3 is 0 Å². The first kappa shape index (κ1) is 15.1. The Labute approximate surface area is 131 Å². The Morgan fingerprint density at radius 2 is 1.83 bits per heavy atom. The average molecular weight is 316 g/mol. The highest BCUT2D eigenvalue weighted by molar-refractivity contribution is 6.03. The van der Waals surface area contributed by atoms with Gasteiger partial charge in [0.1, 0.15) is 11.6 Å². The fourth-order valence-electron chi connectivity index (χ4n) is 2.56. The molecule has 0 aromatic heterocycles. The molecule has 2 aromatic rings. The van der Waals surface area contributed by atoms with E-state index in [2.05, 4.69) is 5.32 Å². The van der Waals surface area contributed by atoms with Crippen LogP contribution in [-0.2, 0) is 9.59 Å². The van der Waals surface area contributed by atoms with Crippen molar-refractivity contribution in [2.75, 3.05) is 16.8 Å². The molecule has 0 spiro atoms. The maximum absolute atomic E-state index is 13.1. The third-order valence-corrected chi connectivity index (χ3v) is 3.73. The number of nitrogens with zero attached hydrogens (tertiary/aromatic N) is 1. The molecule has 6 heteroatoms. The fraction of sp³-hybridized carbons (Fsp3) is 0.176. The third kappa shape index (κ3) is 3.36. The number of carbonyl (C=O) groups excluding carboxylic acids is 2. The molecule has 1 N–H and O–H groups in total. The number of benzene rings is 2. The zero-order chi connectivity index (χ0) is 16.4. The van der Waals surface area contributed by atoms with Crippen LogP contribution in [0.5, 0.6) is 0 Å². The molecule has 2 amide bonds. The number of anilines is 2. The predicted molar refractivity (Wildman–Crippen MR) is 81.9 cm³/mol. The second-order valence-corrected chi connectivity index (χ2v) is 5.38. The van der Waals surface area contributed by atoms with E-state index in [4.69, 9.17) is 0 Å². The standard InChI is InChI=1S/C17H14F2N2O2/c18-12-4-6-15(7-5-12)21-10-11(8-16(21)22)17(23)20-14-3-1-2-13(19)9-14/h1-7,9,11H,8,10H2,(H,20,23)/t11-/m0/s1. The maximum Gasteiger partial charge on any atom is 0.229 e. The van der Waals surface area contributed by atoms with Crippen molar-refractivity contribution in [1.82, 2.24) is 0 Å². The number of carbonyl (C=O) groups is 2. The van der Waals surface area contributed by atoms with Crippen LogP contribution in [0.2, 0.25) is 0 Å². The Balaban J connectivity index is 1.69. The number of amides is 2. The third-order valence-electron chi connectivity index (χ3n) is 3.73. The van der Waals surface area contributed by atoms with Crippen molar-refractivity contribution in [2.45, 2.75) is 6.42 Å². The smallest absolute Gasteiger partial charge is 0.229 e. The molecule has 2 aromatic carbocycles. The van der Waals surface area contributed by atoms with Gasteiger partial charge in [-0.15, -0.1) is 0 Å². The molecule has 1 heterocycles. The Hall–Kier alpha value is -2.76. The zero-order valence-electron chi connectivity index (χ0n) is 12.1. The van der Waals surface area contributed by atoms with Gasteiger partial charge < -0.3 is 10.2 Å². The fourth-order valence-corrected chi connectivity index (χ4v) is 2.56. The van der Waals surface area contributed by atoms with Gasteiger partial charge in [-0.05, 0) is 42.5 Å². The predicted octanol–water partition coefficient (Wildman–Crippen LogP) is 2.96. The molecule has 1 saturated heterocycles. The second kappa shape index (κ2) is 6.16. The van der Waals surface area contributed by atoms with E-state index in [0.717, 1.165) is 0 Å². The summed E-state index contributed by atoms with van der Waals surface area (Å²) in [5, 5.41) is 2.61. The maximum atomic E-state index is 13.1. The minimum absolute atomic E-state index is 0.0680. The van der Waals surface area contributed by atoms with Gasteiger partial charge in [0.2, 0.25) is 11.8 Å². The zero-order valence-corrected chi connectivity index (χ0v) is 12.1. The van der Waals surface area contributed by atoms with E-state index in [1.807, 2.05) is 0 Å². The van der Waals surface area contributed by atoms with E-state index in [0.29, 0.717) is 11.4 Å². The molecule has 0 radical (unpaired) electrons. The van der Waals surface area contributed by atoms with Gasteiger partial charge in [0.25, 0.3) is 0 Å². The van der Waals surface area contributed by atoms with Crippen LogP contribution in [0.4, 0.5) is 20.2 Å². The summed E-state index contributed by atoms with van der Waals surface area (Å²) in [7, 11) is 0. The van der Waals surface area contributed by atoms with E-state index in [-0.39, 0.29) is 30.6 Å². The van der Waals surface area contributed by atoms with Gasteiger partial charge in [-0.1, -0.05) is 6.07 Å². The molecule has 1 fully saturated rings. The topological polar surface area (TPSA) is 49.4 Å². The van der Waals surface area contributed by atoms with Gasteiger partial charge in [0, 0.05) is 24.3 Å². The quantitative estimate of drug-likeness (QED) is 0.946. The second-order valence-electron chi connectivity index (χ2n) is 5.38. The summed E-state index contributed by atoms with van der Waals surface area (Å²) in [6, 6.07) is 11.1. The average Bonchev–Trinajstić information content (AvgIpc) is 2.90. The Kier molecular flexibility index (Phi) is 4.06. The van der Waals surface area contributed by atoms with Crippen LogP contribution >= 0.6 is 0 Å². The lowest BCUT2D eigenvalue weighted by atomic mass is 10.1. The van der Waals surface area contributed by atoms with E-state index in [1.54, 1.807) is 6.07 Å². The number of rotatable bonds is 3. The van der Waals surface area contributed by atoms with Gasteiger partial charge in [0.15, 0.2) is 0 Å². The van der Waals surface area contributed by atoms with E-state index in [9.17, 15) is 18.4 Å². The van der Waals surface area contributed by atoms with Crippen molar-refractivity contribution >= 4 is 23.2 Å². The van der Waals surface area contributed by atoms with Crippen LogP contribution in [0.3, 0.4) is 0 Å². The van der Waals surface area contributed by atoms with Crippen LogP contribution < -0.4 is 10.2 Å². The molecule has 0 bridgehead atoms. The summed E-state index contributed by atoms with van der Waals surface area (Å²) < 4.78 is 26.1. The SMILES string of the molecule is O=C(Nc1cccc(F)c1)[C@H]1CC(=O)N(c2ccc(F)cc2)C1. The Bertz CT molecular complexity index is 747. The molecular formula is C17H14F2N2O2. The summed E-state index contributed by atoms with van der Waals surface area (Å²) in [6.45, 7) is 0.214. The molecular weight excluding hydrogens is 302 g/mol. The summed E-state index contributed by atoms with van der Waals surface area (Å²) in [6.07, 6.45) is 0.0680. The van der Waals surface area contributed by atoms with Gasteiger partial charge in [-0.3, -0.25) is 9.59 Å². The van der Waals surface area contributed by atoms with Gasteiger partial charge in [0.05, 0.1) is 5.92 Å². The highest BCUT2D eigenvalue weighted by Gasteiger charge is 2.35. The van der Waals surface area contributed by atoms with Crippen molar-refractivity contribution in [2.24, 2.45) is 5.92 Å². The van der Waals surface area contributed by atoms with Crippen LogP contribution in [0.15, 0.2) is 48.5 Å². The molecule has 1 atom stereocenters. The van der Waals surface area contributed by atoms with Gasteiger partial charge in [-0.2, -0.15) is 0 Å². The lowest BCUT2D eigenvalue weighted by molar-refractivity contribution is -0.122. The summed E-state index contributed by atoms with van der Waals surface area (Å²) >= 11 is 0. The van der Waals surface area contributed by atoms with Crippen molar-refractivity contribution in [3.8, 4) is 0 Å². The van der Waals surface area contributed by atoms with Crippen LogP contribution in [0, 0.1) is 17.6 Å². The largest absolute Gasteiger partial charge is 0.326 e. The number of nitrogens with one attached hydrogen (secondary N) is 1. The van der Waals surface area contributed by atoms with Crippen molar-refractivity contribution in [3.63, 3.8) is 0 Å². The molecule has 23 heavy (non-hydrogen) atoms. The molecule has 0 unspecified atom stereocenters. The van der Waals surface area contributed by atoms with Gasteiger partial charge in [-0.25, -0.2) is 8.78 Å². The summed E-state index contributed by atoms with van der Waals surface area (Å²) in [5.41, 5.74) is 0.903. The molecule has 1 aliphatic rings.